The summed E-state index contributed by atoms with van der Waals surface area (Å²) in [4.78, 5) is 4.60. The Kier molecular flexibility index (Phi) is 3.58. The molecule has 1 aliphatic carbocycles. The minimum absolute atomic E-state index is 0.464. The molecule has 5 heteroatoms. The third-order valence-corrected chi connectivity index (χ3v) is 4.74. The molecule has 2 N–H and O–H groups in total. The van der Waals surface area contributed by atoms with E-state index in [1.807, 2.05) is 0 Å². The average Bonchev–Trinajstić information content (AvgIpc) is 3.08. The molecule has 2 aliphatic rings. The maximum absolute atomic E-state index is 6.37. The zero-order valence-corrected chi connectivity index (χ0v) is 11.6. The lowest BCUT2D eigenvalue weighted by molar-refractivity contribution is 0.0400. The van der Waals surface area contributed by atoms with Crippen LogP contribution in [0.4, 0.5) is 0 Å². The molecule has 2 heterocycles. The van der Waals surface area contributed by atoms with Crippen LogP contribution in [0.1, 0.15) is 63.1 Å². The van der Waals surface area contributed by atoms with Crippen LogP contribution in [0.2, 0.25) is 0 Å². The zero-order chi connectivity index (χ0) is 13.3. The van der Waals surface area contributed by atoms with Crippen LogP contribution in [0.15, 0.2) is 4.52 Å². The summed E-state index contributed by atoms with van der Waals surface area (Å²) in [5.41, 5.74) is 5.89. The molecule has 1 aromatic rings. The number of hydrogen-bond acceptors (Lipinski definition) is 5. The van der Waals surface area contributed by atoms with Crippen LogP contribution in [0.3, 0.4) is 0 Å². The molecule has 2 fully saturated rings. The van der Waals surface area contributed by atoms with Gasteiger partial charge in [-0.05, 0) is 38.0 Å². The van der Waals surface area contributed by atoms with Crippen molar-refractivity contribution in [1.82, 2.24) is 10.1 Å². The van der Waals surface area contributed by atoms with Gasteiger partial charge in [-0.25, -0.2) is 0 Å². The van der Waals surface area contributed by atoms with E-state index < -0.39 is 5.54 Å². The average molecular weight is 265 g/mol. The SMILES string of the molecule is CCC1CCC(c2noc(C3(N)CCOCC3)n2)C1. The zero-order valence-electron chi connectivity index (χ0n) is 11.6. The van der Waals surface area contributed by atoms with E-state index in [-0.39, 0.29) is 0 Å². The smallest absolute Gasteiger partial charge is 0.246 e. The molecule has 5 nitrogen and oxygen atoms in total. The van der Waals surface area contributed by atoms with E-state index in [1.165, 1.54) is 25.7 Å². The van der Waals surface area contributed by atoms with Crippen molar-refractivity contribution >= 4 is 0 Å². The summed E-state index contributed by atoms with van der Waals surface area (Å²) in [6, 6.07) is 0. The van der Waals surface area contributed by atoms with Crippen molar-refractivity contribution in [3.05, 3.63) is 11.7 Å². The summed E-state index contributed by atoms with van der Waals surface area (Å²) >= 11 is 0. The van der Waals surface area contributed by atoms with Gasteiger partial charge < -0.3 is 15.0 Å². The number of nitrogens with zero attached hydrogens (tertiary/aromatic N) is 2. The first kappa shape index (κ1) is 13.1. The summed E-state index contributed by atoms with van der Waals surface area (Å²) in [6.45, 7) is 3.61. The van der Waals surface area contributed by atoms with E-state index in [1.54, 1.807) is 0 Å². The van der Waals surface area contributed by atoms with Crippen LogP contribution in [0, 0.1) is 5.92 Å². The van der Waals surface area contributed by atoms with E-state index in [9.17, 15) is 0 Å². The van der Waals surface area contributed by atoms with Crippen LogP contribution in [-0.4, -0.2) is 23.4 Å². The lowest BCUT2D eigenvalue weighted by Crippen LogP contribution is -2.42. The molecule has 2 atom stereocenters. The maximum atomic E-state index is 6.37. The first-order valence-electron chi connectivity index (χ1n) is 7.42. The van der Waals surface area contributed by atoms with Gasteiger partial charge in [-0.15, -0.1) is 0 Å². The van der Waals surface area contributed by atoms with E-state index in [0.717, 1.165) is 24.6 Å². The van der Waals surface area contributed by atoms with Crippen LogP contribution in [0.5, 0.6) is 0 Å². The third-order valence-electron chi connectivity index (χ3n) is 4.74. The molecule has 0 bridgehead atoms. The summed E-state index contributed by atoms with van der Waals surface area (Å²) in [5, 5.41) is 4.18. The molecule has 2 unspecified atom stereocenters. The van der Waals surface area contributed by atoms with E-state index in [4.69, 9.17) is 15.0 Å². The van der Waals surface area contributed by atoms with Crippen molar-refractivity contribution in [3.8, 4) is 0 Å². The number of aromatic nitrogens is 2. The second-order valence-corrected chi connectivity index (χ2v) is 6.01. The van der Waals surface area contributed by atoms with Gasteiger partial charge in [-0.1, -0.05) is 18.5 Å². The number of rotatable bonds is 3. The highest BCUT2D eigenvalue weighted by Gasteiger charge is 2.37. The molecule has 0 aromatic carbocycles. The van der Waals surface area contributed by atoms with Crippen molar-refractivity contribution in [2.24, 2.45) is 11.7 Å². The Balaban J connectivity index is 1.72. The van der Waals surface area contributed by atoms with Gasteiger partial charge in [-0.2, -0.15) is 4.98 Å². The molecule has 106 valence electrons. The van der Waals surface area contributed by atoms with Gasteiger partial charge in [0.15, 0.2) is 5.82 Å². The molecule has 19 heavy (non-hydrogen) atoms. The Morgan fingerprint density at radius 3 is 2.79 bits per heavy atom. The first-order valence-corrected chi connectivity index (χ1v) is 7.42. The molecule has 1 saturated carbocycles. The van der Waals surface area contributed by atoms with Gasteiger partial charge in [-0.3, -0.25) is 0 Å². The lowest BCUT2D eigenvalue weighted by atomic mass is 9.91. The highest BCUT2D eigenvalue weighted by molar-refractivity contribution is 5.07. The van der Waals surface area contributed by atoms with Gasteiger partial charge >= 0.3 is 0 Å². The second-order valence-electron chi connectivity index (χ2n) is 6.01. The highest BCUT2D eigenvalue weighted by atomic mass is 16.5. The minimum Gasteiger partial charge on any atom is -0.381 e. The summed E-state index contributed by atoms with van der Waals surface area (Å²) in [6.07, 6.45) is 6.42. The quantitative estimate of drug-likeness (QED) is 0.908. The van der Waals surface area contributed by atoms with Gasteiger partial charge in [0.05, 0.1) is 0 Å². The predicted molar refractivity (Wildman–Crippen MR) is 70.6 cm³/mol. The maximum Gasteiger partial charge on any atom is 0.246 e. The van der Waals surface area contributed by atoms with Crippen molar-refractivity contribution in [3.63, 3.8) is 0 Å². The molecule has 1 saturated heterocycles. The molecular formula is C14H23N3O2. The van der Waals surface area contributed by atoms with Crippen molar-refractivity contribution in [2.75, 3.05) is 13.2 Å². The molecule has 1 aromatic heterocycles. The first-order chi connectivity index (χ1) is 9.21. The van der Waals surface area contributed by atoms with Crippen LogP contribution in [-0.2, 0) is 10.3 Å². The van der Waals surface area contributed by atoms with E-state index in [0.29, 0.717) is 25.0 Å². The Hall–Kier alpha value is -0.940. The Morgan fingerprint density at radius 2 is 2.11 bits per heavy atom. The third kappa shape index (κ3) is 2.54. The molecular weight excluding hydrogens is 242 g/mol. The Bertz CT molecular complexity index is 426. The van der Waals surface area contributed by atoms with Crippen molar-refractivity contribution < 1.29 is 9.26 Å². The Labute approximate surface area is 113 Å². The second kappa shape index (κ2) is 5.21. The topological polar surface area (TPSA) is 74.2 Å². The van der Waals surface area contributed by atoms with Gasteiger partial charge in [0.25, 0.3) is 0 Å². The summed E-state index contributed by atoms with van der Waals surface area (Å²) in [5.74, 6) is 2.75. The van der Waals surface area contributed by atoms with Crippen molar-refractivity contribution in [2.45, 2.75) is 56.9 Å². The molecule has 0 radical (unpaired) electrons. The lowest BCUT2D eigenvalue weighted by Gasteiger charge is -2.29. The molecule has 3 rings (SSSR count). The number of hydrogen-bond donors (Lipinski definition) is 1. The summed E-state index contributed by atoms with van der Waals surface area (Å²) in [7, 11) is 0. The van der Waals surface area contributed by atoms with Gasteiger partial charge in [0.2, 0.25) is 5.89 Å². The van der Waals surface area contributed by atoms with Crippen LogP contribution < -0.4 is 5.73 Å². The molecule has 0 amide bonds. The van der Waals surface area contributed by atoms with Gasteiger partial charge in [0.1, 0.15) is 5.54 Å². The minimum atomic E-state index is -0.480. The van der Waals surface area contributed by atoms with E-state index in [2.05, 4.69) is 17.1 Å². The molecule has 0 spiro atoms. The fraction of sp³-hybridized carbons (Fsp3) is 0.857. The predicted octanol–water partition coefficient (Wildman–Crippen LogP) is 2.33. The number of nitrogens with two attached hydrogens (primary N) is 1. The Morgan fingerprint density at radius 1 is 1.32 bits per heavy atom. The van der Waals surface area contributed by atoms with Crippen molar-refractivity contribution in [1.29, 1.82) is 0 Å². The van der Waals surface area contributed by atoms with Crippen LogP contribution >= 0.6 is 0 Å². The fourth-order valence-corrected chi connectivity index (χ4v) is 3.23. The van der Waals surface area contributed by atoms with Gasteiger partial charge in [0, 0.05) is 19.1 Å². The molecule has 1 aliphatic heterocycles. The normalized spacial score (nSPS) is 30.6. The highest BCUT2D eigenvalue weighted by Crippen LogP contribution is 2.39. The largest absolute Gasteiger partial charge is 0.381 e. The van der Waals surface area contributed by atoms with E-state index >= 15 is 0 Å². The monoisotopic (exact) mass is 265 g/mol. The van der Waals surface area contributed by atoms with Crippen LogP contribution in [0.25, 0.3) is 0 Å². The number of ether oxygens (including phenoxy) is 1. The summed E-state index contributed by atoms with van der Waals surface area (Å²) < 4.78 is 10.8. The standard InChI is InChI=1S/C14H23N3O2/c1-2-10-3-4-11(9-10)12-16-13(19-17-12)14(15)5-7-18-8-6-14/h10-11H,2-9,15H2,1H3. The fourth-order valence-electron chi connectivity index (χ4n) is 3.23.